The van der Waals surface area contributed by atoms with Crippen LogP contribution in [-0.4, -0.2) is 11.2 Å². The molecule has 1 aromatic carbocycles. The Morgan fingerprint density at radius 1 is 1.24 bits per heavy atom. The second-order valence-electron chi connectivity index (χ2n) is 5.53. The molecule has 2 nitrogen and oxygen atoms in total. The van der Waals surface area contributed by atoms with Gasteiger partial charge in [-0.3, -0.25) is 0 Å². The van der Waals surface area contributed by atoms with Crippen LogP contribution in [0.3, 0.4) is 0 Å². The average Bonchev–Trinajstić information content (AvgIpc) is 2.68. The molecule has 1 aromatic rings. The number of hydrogen-bond acceptors (Lipinski definition) is 2. The third-order valence-corrected chi connectivity index (χ3v) is 3.44. The predicted molar refractivity (Wildman–Crippen MR) is 69.3 cm³/mol. The number of ether oxygens (including phenoxy) is 1. The highest BCUT2D eigenvalue weighted by Crippen LogP contribution is 2.34. The standard InChI is InChI=1S/C15H22O2/c1-11-7-6-10-13(14(11)15(2,3)16)17-12-8-4-5-9-12/h6-7,10,12,16H,4-5,8-9H2,1-3H3. The Morgan fingerprint density at radius 2 is 1.88 bits per heavy atom. The van der Waals surface area contributed by atoms with E-state index in [0.29, 0.717) is 6.10 Å². The highest BCUT2D eigenvalue weighted by molar-refractivity contribution is 5.43. The monoisotopic (exact) mass is 234 g/mol. The maximum atomic E-state index is 10.2. The van der Waals surface area contributed by atoms with Crippen molar-refractivity contribution in [1.29, 1.82) is 0 Å². The molecule has 0 spiro atoms. The first-order valence-electron chi connectivity index (χ1n) is 6.47. The summed E-state index contributed by atoms with van der Waals surface area (Å²) < 4.78 is 6.05. The smallest absolute Gasteiger partial charge is 0.126 e. The molecular weight excluding hydrogens is 212 g/mol. The van der Waals surface area contributed by atoms with Gasteiger partial charge < -0.3 is 9.84 Å². The van der Waals surface area contributed by atoms with E-state index in [9.17, 15) is 5.11 Å². The summed E-state index contributed by atoms with van der Waals surface area (Å²) in [4.78, 5) is 0. The van der Waals surface area contributed by atoms with Crippen LogP contribution in [0, 0.1) is 6.92 Å². The second-order valence-corrected chi connectivity index (χ2v) is 5.53. The lowest BCUT2D eigenvalue weighted by molar-refractivity contribution is 0.0715. The zero-order valence-electron chi connectivity index (χ0n) is 11.0. The molecule has 1 N–H and O–H groups in total. The van der Waals surface area contributed by atoms with Crippen molar-refractivity contribution in [3.63, 3.8) is 0 Å². The summed E-state index contributed by atoms with van der Waals surface area (Å²) in [5, 5.41) is 10.2. The Bertz CT molecular complexity index is 384. The van der Waals surface area contributed by atoms with Crippen molar-refractivity contribution in [2.45, 2.75) is 58.2 Å². The largest absolute Gasteiger partial charge is 0.490 e. The van der Waals surface area contributed by atoms with E-state index in [4.69, 9.17) is 4.74 Å². The highest BCUT2D eigenvalue weighted by Gasteiger charge is 2.25. The molecule has 0 amide bonds. The third kappa shape index (κ3) is 2.81. The van der Waals surface area contributed by atoms with Gasteiger partial charge in [0.2, 0.25) is 0 Å². The molecular formula is C15H22O2. The summed E-state index contributed by atoms with van der Waals surface area (Å²) in [6.45, 7) is 5.66. The minimum Gasteiger partial charge on any atom is -0.490 e. The summed E-state index contributed by atoms with van der Waals surface area (Å²) >= 11 is 0. The van der Waals surface area contributed by atoms with Crippen molar-refractivity contribution >= 4 is 0 Å². The maximum absolute atomic E-state index is 10.2. The third-order valence-electron chi connectivity index (χ3n) is 3.44. The first-order chi connectivity index (χ1) is 7.98. The molecule has 0 bridgehead atoms. The minimum absolute atomic E-state index is 0.331. The summed E-state index contributed by atoms with van der Waals surface area (Å²) in [5.41, 5.74) is 1.17. The molecule has 0 heterocycles. The molecule has 1 fully saturated rings. The molecule has 1 aliphatic rings. The quantitative estimate of drug-likeness (QED) is 0.866. The van der Waals surface area contributed by atoms with Gasteiger partial charge in [-0.05, 0) is 58.1 Å². The fourth-order valence-electron chi connectivity index (χ4n) is 2.71. The Hall–Kier alpha value is -1.02. The van der Waals surface area contributed by atoms with Crippen molar-refractivity contribution in [2.75, 3.05) is 0 Å². The fourth-order valence-corrected chi connectivity index (χ4v) is 2.71. The van der Waals surface area contributed by atoms with Gasteiger partial charge in [0.05, 0.1) is 11.7 Å². The van der Waals surface area contributed by atoms with Gasteiger partial charge in [0.15, 0.2) is 0 Å². The van der Waals surface area contributed by atoms with Gasteiger partial charge in [0.25, 0.3) is 0 Å². The number of aryl methyl sites for hydroxylation is 1. The molecule has 1 aliphatic carbocycles. The zero-order chi connectivity index (χ0) is 12.5. The number of rotatable bonds is 3. The van der Waals surface area contributed by atoms with Crippen LogP contribution in [0.5, 0.6) is 5.75 Å². The number of aliphatic hydroxyl groups is 1. The Labute approximate surface area is 104 Å². The summed E-state index contributed by atoms with van der Waals surface area (Å²) in [6.07, 6.45) is 5.12. The Balaban J connectivity index is 2.29. The normalized spacial score (nSPS) is 17.4. The van der Waals surface area contributed by atoms with E-state index >= 15 is 0 Å². The topological polar surface area (TPSA) is 29.5 Å². The van der Waals surface area contributed by atoms with Crippen LogP contribution in [-0.2, 0) is 5.60 Å². The summed E-state index contributed by atoms with van der Waals surface area (Å²) in [5.74, 6) is 0.851. The van der Waals surface area contributed by atoms with Crippen molar-refractivity contribution in [1.82, 2.24) is 0 Å². The second kappa shape index (κ2) is 4.69. The molecule has 0 aromatic heterocycles. The van der Waals surface area contributed by atoms with Gasteiger partial charge in [0, 0.05) is 5.56 Å². The lowest BCUT2D eigenvalue weighted by Gasteiger charge is -2.25. The first-order valence-corrected chi connectivity index (χ1v) is 6.47. The van der Waals surface area contributed by atoms with Crippen LogP contribution in [0.25, 0.3) is 0 Å². The molecule has 94 valence electrons. The number of hydrogen-bond donors (Lipinski definition) is 1. The Morgan fingerprint density at radius 3 is 2.47 bits per heavy atom. The zero-order valence-corrected chi connectivity index (χ0v) is 11.0. The average molecular weight is 234 g/mol. The SMILES string of the molecule is Cc1cccc(OC2CCCC2)c1C(C)(C)O. The molecule has 0 saturated heterocycles. The van der Waals surface area contributed by atoms with Gasteiger partial charge in [-0.15, -0.1) is 0 Å². The summed E-state index contributed by atoms with van der Waals surface area (Å²) in [7, 11) is 0. The lowest BCUT2D eigenvalue weighted by Crippen LogP contribution is -2.21. The molecule has 0 atom stereocenters. The molecule has 0 radical (unpaired) electrons. The van der Waals surface area contributed by atoms with Crippen LogP contribution in [0.4, 0.5) is 0 Å². The van der Waals surface area contributed by atoms with Crippen LogP contribution in [0.2, 0.25) is 0 Å². The maximum Gasteiger partial charge on any atom is 0.126 e. The fraction of sp³-hybridized carbons (Fsp3) is 0.600. The van der Waals surface area contributed by atoms with E-state index < -0.39 is 5.60 Å². The Kier molecular flexibility index (Phi) is 3.43. The lowest BCUT2D eigenvalue weighted by atomic mass is 9.93. The van der Waals surface area contributed by atoms with Crippen molar-refractivity contribution in [3.8, 4) is 5.75 Å². The van der Waals surface area contributed by atoms with Crippen LogP contribution in [0.15, 0.2) is 18.2 Å². The van der Waals surface area contributed by atoms with E-state index in [2.05, 4.69) is 0 Å². The minimum atomic E-state index is -0.848. The molecule has 2 rings (SSSR count). The van der Waals surface area contributed by atoms with E-state index in [0.717, 1.165) is 29.7 Å². The first kappa shape index (κ1) is 12.4. The van der Waals surface area contributed by atoms with Crippen LogP contribution >= 0.6 is 0 Å². The van der Waals surface area contributed by atoms with Crippen molar-refractivity contribution in [2.24, 2.45) is 0 Å². The molecule has 2 heteroatoms. The van der Waals surface area contributed by atoms with Gasteiger partial charge in [-0.1, -0.05) is 12.1 Å². The molecule has 17 heavy (non-hydrogen) atoms. The van der Waals surface area contributed by atoms with E-state index in [1.54, 1.807) is 0 Å². The number of benzene rings is 1. The van der Waals surface area contributed by atoms with Crippen molar-refractivity contribution < 1.29 is 9.84 Å². The van der Waals surface area contributed by atoms with Crippen LogP contribution < -0.4 is 4.74 Å². The van der Waals surface area contributed by atoms with E-state index in [1.807, 2.05) is 39.0 Å². The summed E-state index contributed by atoms with van der Waals surface area (Å²) in [6, 6.07) is 5.99. The molecule has 1 saturated carbocycles. The van der Waals surface area contributed by atoms with Gasteiger partial charge in [0.1, 0.15) is 5.75 Å². The van der Waals surface area contributed by atoms with E-state index in [1.165, 1.54) is 12.8 Å². The highest BCUT2D eigenvalue weighted by atomic mass is 16.5. The van der Waals surface area contributed by atoms with Crippen LogP contribution in [0.1, 0.15) is 50.7 Å². The molecule has 0 aliphatic heterocycles. The van der Waals surface area contributed by atoms with E-state index in [-0.39, 0.29) is 0 Å². The van der Waals surface area contributed by atoms with Crippen molar-refractivity contribution in [3.05, 3.63) is 29.3 Å². The predicted octanol–water partition coefficient (Wildman–Crippen LogP) is 3.54. The van der Waals surface area contributed by atoms with Gasteiger partial charge in [-0.25, -0.2) is 0 Å². The van der Waals surface area contributed by atoms with Gasteiger partial charge >= 0.3 is 0 Å². The van der Waals surface area contributed by atoms with Gasteiger partial charge in [-0.2, -0.15) is 0 Å². The molecule has 0 unspecified atom stereocenters.